The van der Waals surface area contributed by atoms with Crippen molar-refractivity contribution in [3.63, 3.8) is 0 Å². The maximum absolute atomic E-state index is 4.47. The highest BCUT2D eigenvalue weighted by Crippen LogP contribution is 2.29. The second-order valence-corrected chi connectivity index (χ2v) is 5.75. The minimum Gasteiger partial charge on any atom is -0.313 e. The summed E-state index contributed by atoms with van der Waals surface area (Å²) in [5, 5.41) is 8.86. The van der Waals surface area contributed by atoms with Gasteiger partial charge in [-0.15, -0.1) is 0 Å². The Balaban J connectivity index is 1.96. The summed E-state index contributed by atoms with van der Waals surface area (Å²) in [6.07, 6.45) is 5.82. The Kier molecular flexibility index (Phi) is 4.29. The molecule has 2 atom stereocenters. The maximum atomic E-state index is 4.47. The molecule has 2 unspecified atom stereocenters. The molecule has 90 valence electrons. The van der Waals surface area contributed by atoms with Crippen LogP contribution in [0.5, 0.6) is 0 Å². The predicted molar refractivity (Wildman–Crippen MR) is 69.9 cm³/mol. The normalized spacial score (nSPS) is 22.5. The van der Waals surface area contributed by atoms with Gasteiger partial charge in [-0.2, -0.15) is 16.9 Å². The third-order valence-electron chi connectivity index (χ3n) is 3.08. The molecule has 0 saturated carbocycles. The van der Waals surface area contributed by atoms with Crippen LogP contribution in [0.2, 0.25) is 0 Å². The molecular weight excluding hydrogens is 218 g/mol. The van der Waals surface area contributed by atoms with E-state index in [1.165, 1.54) is 24.3 Å². The molecule has 2 rings (SSSR count). The summed E-state index contributed by atoms with van der Waals surface area (Å²) in [5.74, 6) is 1.33. The third kappa shape index (κ3) is 3.01. The molecule has 2 heterocycles. The molecule has 1 aromatic heterocycles. The summed E-state index contributed by atoms with van der Waals surface area (Å²) in [4.78, 5) is 0. The monoisotopic (exact) mass is 239 g/mol. The Bertz CT molecular complexity index is 318. The van der Waals surface area contributed by atoms with Crippen LogP contribution in [0.4, 0.5) is 0 Å². The first-order chi connectivity index (χ1) is 7.79. The minimum absolute atomic E-state index is 0.590. The molecule has 4 heteroatoms. The Labute approximate surface area is 102 Å². The first-order valence-electron chi connectivity index (χ1n) is 6.13. The lowest BCUT2D eigenvalue weighted by atomic mass is 10.0. The van der Waals surface area contributed by atoms with E-state index in [0.717, 1.165) is 18.2 Å². The maximum Gasteiger partial charge on any atom is 0.0640 e. The predicted octanol–water partition coefficient (Wildman–Crippen LogP) is 1.84. The highest BCUT2D eigenvalue weighted by Gasteiger charge is 2.25. The van der Waals surface area contributed by atoms with Crippen LogP contribution < -0.4 is 5.32 Å². The Hall–Kier alpha value is -0.480. The van der Waals surface area contributed by atoms with Gasteiger partial charge in [-0.3, -0.25) is 4.68 Å². The van der Waals surface area contributed by atoms with Crippen molar-refractivity contribution in [3.8, 4) is 0 Å². The van der Waals surface area contributed by atoms with Gasteiger partial charge in [0, 0.05) is 31.0 Å². The zero-order valence-corrected chi connectivity index (χ0v) is 11.0. The van der Waals surface area contributed by atoms with Crippen LogP contribution in [0.3, 0.4) is 0 Å². The molecule has 1 aliphatic rings. The van der Waals surface area contributed by atoms with Gasteiger partial charge in [-0.25, -0.2) is 0 Å². The molecule has 1 saturated heterocycles. The van der Waals surface area contributed by atoms with E-state index in [2.05, 4.69) is 35.2 Å². The molecule has 1 N–H and O–H groups in total. The van der Waals surface area contributed by atoms with Gasteiger partial charge < -0.3 is 5.32 Å². The van der Waals surface area contributed by atoms with Crippen LogP contribution in [0, 0.1) is 0 Å². The van der Waals surface area contributed by atoms with Crippen LogP contribution >= 0.6 is 11.8 Å². The Morgan fingerprint density at radius 3 is 3.12 bits per heavy atom. The van der Waals surface area contributed by atoms with Crippen LogP contribution in [-0.2, 0) is 13.5 Å². The van der Waals surface area contributed by atoms with Gasteiger partial charge in [0.2, 0.25) is 0 Å². The molecule has 16 heavy (non-hydrogen) atoms. The van der Waals surface area contributed by atoms with E-state index in [-0.39, 0.29) is 0 Å². The molecular formula is C12H21N3S. The van der Waals surface area contributed by atoms with E-state index < -0.39 is 0 Å². The summed E-state index contributed by atoms with van der Waals surface area (Å²) in [6.45, 7) is 3.24. The quantitative estimate of drug-likeness (QED) is 0.850. The van der Waals surface area contributed by atoms with E-state index in [4.69, 9.17) is 0 Å². The van der Waals surface area contributed by atoms with E-state index in [0.29, 0.717) is 6.04 Å². The van der Waals surface area contributed by atoms with Gasteiger partial charge in [0.25, 0.3) is 0 Å². The fourth-order valence-corrected chi connectivity index (χ4v) is 3.71. The van der Waals surface area contributed by atoms with Crippen molar-refractivity contribution in [1.82, 2.24) is 15.1 Å². The molecule has 0 aliphatic carbocycles. The van der Waals surface area contributed by atoms with Gasteiger partial charge in [0.15, 0.2) is 0 Å². The van der Waals surface area contributed by atoms with Crippen LogP contribution in [-0.4, -0.2) is 33.4 Å². The van der Waals surface area contributed by atoms with E-state index in [1.54, 1.807) is 0 Å². The number of thioether (sulfide) groups is 1. The SMILES string of the molecule is CCNC(Cc1ccn(C)n1)C1CCCS1. The molecule has 0 amide bonds. The lowest BCUT2D eigenvalue weighted by Crippen LogP contribution is -2.39. The second-order valence-electron chi connectivity index (χ2n) is 4.40. The third-order valence-corrected chi connectivity index (χ3v) is 4.59. The van der Waals surface area contributed by atoms with E-state index in [1.807, 2.05) is 17.9 Å². The molecule has 1 fully saturated rings. The van der Waals surface area contributed by atoms with Gasteiger partial charge >= 0.3 is 0 Å². The molecule has 0 spiro atoms. The second kappa shape index (κ2) is 5.73. The number of nitrogens with zero attached hydrogens (tertiary/aromatic N) is 2. The number of rotatable bonds is 5. The molecule has 3 nitrogen and oxygen atoms in total. The van der Waals surface area contributed by atoms with Gasteiger partial charge in [-0.1, -0.05) is 6.92 Å². The van der Waals surface area contributed by atoms with Crippen molar-refractivity contribution in [1.29, 1.82) is 0 Å². The summed E-state index contributed by atoms with van der Waals surface area (Å²) in [5.41, 5.74) is 1.21. The summed E-state index contributed by atoms with van der Waals surface area (Å²) in [7, 11) is 1.98. The summed E-state index contributed by atoms with van der Waals surface area (Å²) in [6, 6.07) is 2.72. The molecule has 0 radical (unpaired) electrons. The number of hydrogen-bond acceptors (Lipinski definition) is 3. The lowest BCUT2D eigenvalue weighted by Gasteiger charge is -2.22. The fraction of sp³-hybridized carbons (Fsp3) is 0.750. The van der Waals surface area contributed by atoms with Crippen molar-refractivity contribution < 1.29 is 0 Å². The van der Waals surface area contributed by atoms with Crippen molar-refractivity contribution in [2.24, 2.45) is 7.05 Å². The van der Waals surface area contributed by atoms with Gasteiger partial charge in [-0.05, 0) is 31.2 Å². The van der Waals surface area contributed by atoms with Crippen molar-refractivity contribution in [2.45, 2.75) is 37.5 Å². The number of nitrogens with one attached hydrogen (secondary N) is 1. The number of likely N-dealkylation sites (N-methyl/N-ethyl adjacent to an activating group) is 1. The van der Waals surface area contributed by atoms with Crippen LogP contribution in [0.1, 0.15) is 25.5 Å². The molecule has 1 aliphatic heterocycles. The molecule has 0 bridgehead atoms. The Morgan fingerprint density at radius 1 is 1.69 bits per heavy atom. The fourth-order valence-electron chi connectivity index (χ4n) is 2.31. The van der Waals surface area contributed by atoms with E-state index >= 15 is 0 Å². The highest BCUT2D eigenvalue weighted by atomic mass is 32.2. The van der Waals surface area contributed by atoms with E-state index in [9.17, 15) is 0 Å². The standard InChI is InChI=1S/C12H21N3S/c1-3-13-11(12-5-4-8-16-12)9-10-6-7-15(2)14-10/h6-7,11-13H,3-5,8-9H2,1-2H3. The highest BCUT2D eigenvalue weighted by molar-refractivity contribution is 8.00. The minimum atomic E-state index is 0.590. The average molecular weight is 239 g/mol. The topological polar surface area (TPSA) is 29.9 Å². The number of hydrogen-bond donors (Lipinski definition) is 1. The van der Waals surface area contributed by atoms with Crippen molar-refractivity contribution in [2.75, 3.05) is 12.3 Å². The average Bonchev–Trinajstić information content (AvgIpc) is 2.88. The van der Waals surface area contributed by atoms with Crippen molar-refractivity contribution in [3.05, 3.63) is 18.0 Å². The lowest BCUT2D eigenvalue weighted by molar-refractivity contribution is 0.489. The zero-order chi connectivity index (χ0) is 11.4. The molecule has 0 aromatic carbocycles. The largest absolute Gasteiger partial charge is 0.313 e. The molecule has 1 aromatic rings. The zero-order valence-electron chi connectivity index (χ0n) is 10.1. The first kappa shape index (κ1) is 12.0. The van der Waals surface area contributed by atoms with Gasteiger partial charge in [0.1, 0.15) is 0 Å². The number of aryl methyl sites for hydroxylation is 1. The van der Waals surface area contributed by atoms with Gasteiger partial charge in [0.05, 0.1) is 5.69 Å². The van der Waals surface area contributed by atoms with Crippen LogP contribution in [0.25, 0.3) is 0 Å². The Morgan fingerprint density at radius 2 is 2.56 bits per heavy atom. The summed E-state index contributed by atoms with van der Waals surface area (Å²) >= 11 is 2.12. The summed E-state index contributed by atoms with van der Waals surface area (Å²) < 4.78 is 1.89. The van der Waals surface area contributed by atoms with Crippen molar-refractivity contribution >= 4 is 11.8 Å². The smallest absolute Gasteiger partial charge is 0.0640 e. The number of aromatic nitrogens is 2. The van der Waals surface area contributed by atoms with Crippen LogP contribution in [0.15, 0.2) is 12.3 Å². The first-order valence-corrected chi connectivity index (χ1v) is 7.18.